The van der Waals surface area contributed by atoms with Crippen molar-refractivity contribution in [2.24, 2.45) is 0 Å². The number of hydrogen-bond donors (Lipinski definition) is 0. The van der Waals surface area contributed by atoms with Gasteiger partial charge in [0.1, 0.15) is 6.29 Å². The van der Waals surface area contributed by atoms with Crippen LogP contribution in [0.2, 0.25) is 0 Å². The molecule has 0 saturated carbocycles. The molecule has 1 aliphatic heterocycles. The van der Waals surface area contributed by atoms with E-state index in [2.05, 4.69) is 24.0 Å². The lowest BCUT2D eigenvalue weighted by molar-refractivity contribution is -0.112. The minimum absolute atomic E-state index is 0.125. The van der Waals surface area contributed by atoms with E-state index < -0.39 is 0 Å². The van der Waals surface area contributed by atoms with E-state index in [0.717, 1.165) is 25.7 Å². The van der Waals surface area contributed by atoms with Crippen molar-refractivity contribution < 1.29 is 4.79 Å². The van der Waals surface area contributed by atoms with Crippen LogP contribution in [0.25, 0.3) is 0 Å². The second-order valence-corrected chi connectivity index (χ2v) is 4.29. The van der Waals surface area contributed by atoms with Crippen molar-refractivity contribution in [1.29, 1.82) is 0 Å². The SMILES string of the molecule is CC1CCC(C=O)N1Cc1ccccc1. The van der Waals surface area contributed by atoms with Crippen molar-refractivity contribution in [2.75, 3.05) is 0 Å². The average Bonchev–Trinajstić information content (AvgIpc) is 2.62. The van der Waals surface area contributed by atoms with Crippen LogP contribution in [0.5, 0.6) is 0 Å². The van der Waals surface area contributed by atoms with Crippen LogP contribution in [0.3, 0.4) is 0 Å². The van der Waals surface area contributed by atoms with E-state index in [-0.39, 0.29) is 6.04 Å². The Hall–Kier alpha value is -1.15. The lowest BCUT2D eigenvalue weighted by Crippen LogP contribution is -2.34. The van der Waals surface area contributed by atoms with Crippen molar-refractivity contribution in [2.45, 2.75) is 38.4 Å². The Morgan fingerprint density at radius 2 is 2.07 bits per heavy atom. The molecular weight excluding hydrogens is 186 g/mol. The molecule has 0 amide bonds. The lowest BCUT2D eigenvalue weighted by atomic mass is 10.2. The highest BCUT2D eigenvalue weighted by atomic mass is 16.1. The van der Waals surface area contributed by atoms with E-state index in [1.165, 1.54) is 5.56 Å². The molecule has 0 spiro atoms. The average molecular weight is 203 g/mol. The maximum Gasteiger partial charge on any atom is 0.137 e. The lowest BCUT2D eigenvalue weighted by Gasteiger charge is -2.24. The molecule has 1 saturated heterocycles. The first kappa shape index (κ1) is 10.4. The zero-order valence-electron chi connectivity index (χ0n) is 9.10. The highest BCUT2D eigenvalue weighted by molar-refractivity contribution is 5.58. The van der Waals surface area contributed by atoms with Gasteiger partial charge in [-0.05, 0) is 25.3 Å². The summed E-state index contributed by atoms with van der Waals surface area (Å²) in [4.78, 5) is 13.2. The molecule has 2 atom stereocenters. The first-order valence-corrected chi connectivity index (χ1v) is 5.56. The monoisotopic (exact) mass is 203 g/mol. The molecule has 1 heterocycles. The molecule has 2 rings (SSSR count). The maximum absolute atomic E-state index is 10.9. The number of carbonyl (C=O) groups excluding carboxylic acids is 1. The second-order valence-electron chi connectivity index (χ2n) is 4.29. The molecule has 1 aromatic rings. The van der Waals surface area contributed by atoms with Gasteiger partial charge in [0, 0.05) is 12.6 Å². The second kappa shape index (κ2) is 4.58. The van der Waals surface area contributed by atoms with E-state index in [4.69, 9.17) is 0 Å². The molecule has 0 N–H and O–H groups in total. The molecule has 2 nitrogen and oxygen atoms in total. The van der Waals surface area contributed by atoms with Crippen molar-refractivity contribution in [3.63, 3.8) is 0 Å². The van der Waals surface area contributed by atoms with Crippen molar-refractivity contribution >= 4 is 6.29 Å². The maximum atomic E-state index is 10.9. The summed E-state index contributed by atoms with van der Waals surface area (Å²) in [5.74, 6) is 0. The Morgan fingerprint density at radius 3 is 2.73 bits per heavy atom. The van der Waals surface area contributed by atoms with Crippen LogP contribution in [0, 0.1) is 0 Å². The summed E-state index contributed by atoms with van der Waals surface area (Å²) in [6.07, 6.45) is 3.24. The van der Waals surface area contributed by atoms with E-state index in [1.807, 2.05) is 18.2 Å². The molecule has 2 heteroatoms. The van der Waals surface area contributed by atoms with Gasteiger partial charge in [0.05, 0.1) is 6.04 Å². The fraction of sp³-hybridized carbons (Fsp3) is 0.462. The molecule has 2 unspecified atom stereocenters. The molecule has 0 aromatic heterocycles. The van der Waals surface area contributed by atoms with E-state index in [9.17, 15) is 4.79 Å². The fourth-order valence-electron chi connectivity index (χ4n) is 2.28. The topological polar surface area (TPSA) is 20.3 Å². The van der Waals surface area contributed by atoms with Crippen LogP contribution in [-0.4, -0.2) is 23.3 Å². The quantitative estimate of drug-likeness (QED) is 0.702. The predicted octanol–water partition coefficient (Wildman–Crippen LogP) is 2.24. The number of nitrogens with zero attached hydrogens (tertiary/aromatic N) is 1. The van der Waals surface area contributed by atoms with Crippen molar-refractivity contribution in [1.82, 2.24) is 4.90 Å². The number of benzene rings is 1. The summed E-state index contributed by atoms with van der Waals surface area (Å²) >= 11 is 0. The van der Waals surface area contributed by atoms with Gasteiger partial charge in [-0.25, -0.2) is 0 Å². The highest BCUT2D eigenvalue weighted by Gasteiger charge is 2.29. The van der Waals surface area contributed by atoms with E-state index in [1.54, 1.807) is 0 Å². The van der Waals surface area contributed by atoms with Crippen LogP contribution < -0.4 is 0 Å². The molecular formula is C13H17NO. The third kappa shape index (κ3) is 2.26. The summed E-state index contributed by atoms with van der Waals surface area (Å²) in [5.41, 5.74) is 1.29. The Kier molecular flexibility index (Phi) is 3.17. The smallest absolute Gasteiger partial charge is 0.137 e. The Labute approximate surface area is 90.9 Å². The summed E-state index contributed by atoms with van der Waals surface area (Å²) < 4.78 is 0. The molecule has 1 aromatic carbocycles. The van der Waals surface area contributed by atoms with Crippen molar-refractivity contribution in [3.8, 4) is 0 Å². The summed E-state index contributed by atoms with van der Waals surface area (Å²) in [5, 5.41) is 0. The molecule has 1 aliphatic rings. The van der Waals surface area contributed by atoms with Crippen LogP contribution in [0.15, 0.2) is 30.3 Å². The van der Waals surface area contributed by atoms with E-state index >= 15 is 0 Å². The van der Waals surface area contributed by atoms with Gasteiger partial charge in [0.25, 0.3) is 0 Å². The molecule has 0 aliphatic carbocycles. The van der Waals surface area contributed by atoms with Crippen LogP contribution in [0.4, 0.5) is 0 Å². The standard InChI is InChI=1S/C13H17NO/c1-11-7-8-13(10-15)14(11)9-12-5-3-2-4-6-12/h2-6,10-11,13H,7-9H2,1H3. The van der Waals surface area contributed by atoms with Gasteiger partial charge in [-0.2, -0.15) is 0 Å². The fourth-order valence-corrected chi connectivity index (χ4v) is 2.28. The van der Waals surface area contributed by atoms with Gasteiger partial charge in [0.2, 0.25) is 0 Å². The molecule has 1 fully saturated rings. The number of aldehydes is 1. The van der Waals surface area contributed by atoms with Gasteiger partial charge in [0.15, 0.2) is 0 Å². The molecule has 15 heavy (non-hydrogen) atoms. The normalized spacial score (nSPS) is 26.7. The Morgan fingerprint density at radius 1 is 1.33 bits per heavy atom. The minimum atomic E-state index is 0.125. The first-order valence-electron chi connectivity index (χ1n) is 5.56. The van der Waals surface area contributed by atoms with E-state index in [0.29, 0.717) is 6.04 Å². The van der Waals surface area contributed by atoms with Crippen LogP contribution >= 0.6 is 0 Å². The minimum Gasteiger partial charge on any atom is -0.302 e. The van der Waals surface area contributed by atoms with Crippen LogP contribution in [0.1, 0.15) is 25.3 Å². The number of rotatable bonds is 3. The third-order valence-electron chi connectivity index (χ3n) is 3.24. The van der Waals surface area contributed by atoms with Crippen molar-refractivity contribution in [3.05, 3.63) is 35.9 Å². The zero-order valence-corrected chi connectivity index (χ0v) is 9.10. The first-order chi connectivity index (χ1) is 7.31. The third-order valence-corrected chi connectivity index (χ3v) is 3.24. The van der Waals surface area contributed by atoms with Gasteiger partial charge in [-0.3, -0.25) is 4.90 Å². The van der Waals surface area contributed by atoms with Gasteiger partial charge in [-0.1, -0.05) is 30.3 Å². The number of likely N-dealkylation sites (tertiary alicyclic amines) is 1. The van der Waals surface area contributed by atoms with Gasteiger partial charge >= 0.3 is 0 Å². The van der Waals surface area contributed by atoms with Gasteiger partial charge in [-0.15, -0.1) is 0 Å². The molecule has 0 bridgehead atoms. The van der Waals surface area contributed by atoms with Gasteiger partial charge < -0.3 is 4.79 Å². The number of carbonyl (C=O) groups is 1. The largest absolute Gasteiger partial charge is 0.302 e. The highest BCUT2D eigenvalue weighted by Crippen LogP contribution is 2.24. The number of hydrogen-bond acceptors (Lipinski definition) is 2. The zero-order chi connectivity index (χ0) is 10.7. The Balaban J connectivity index is 2.07. The Bertz CT molecular complexity index is 323. The summed E-state index contributed by atoms with van der Waals surface area (Å²) in [7, 11) is 0. The summed E-state index contributed by atoms with van der Waals surface area (Å²) in [6.45, 7) is 3.10. The summed E-state index contributed by atoms with van der Waals surface area (Å²) in [6, 6.07) is 11.0. The predicted molar refractivity (Wildman–Crippen MR) is 60.5 cm³/mol. The van der Waals surface area contributed by atoms with Crippen LogP contribution in [-0.2, 0) is 11.3 Å². The molecule has 80 valence electrons. The molecule has 0 radical (unpaired) electrons.